The molecule has 2 N–H and O–H groups in total. The minimum atomic E-state index is -0.223. The van der Waals surface area contributed by atoms with Gasteiger partial charge in [-0.3, -0.25) is 9.59 Å². The molecular formula is C19H23ClN4O3. The summed E-state index contributed by atoms with van der Waals surface area (Å²) in [5.74, 6) is 0.609. The van der Waals surface area contributed by atoms with Crippen molar-refractivity contribution in [1.29, 1.82) is 0 Å². The van der Waals surface area contributed by atoms with Gasteiger partial charge in [-0.2, -0.15) is 4.98 Å². The summed E-state index contributed by atoms with van der Waals surface area (Å²) in [5.41, 5.74) is 0.671. The van der Waals surface area contributed by atoms with Gasteiger partial charge in [0.25, 0.3) is 5.91 Å². The second-order valence-electron chi connectivity index (χ2n) is 7.75. The Labute approximate surface area is 162 Å². The van der Waals surface area contributed by atoms with Gasteiger partial charge in [0.15, 0.2) is 5.82 Å². The maximum absolute atomic E-state index is 12.2. The molecule has 0 bridgehead atoms. The molecule has 0 spiro atoms. The highest BCUT2D eigenvalue weighted by Gasteiger charge is 2.25. The number of anilines is 1. The number of carbonyl (C=O) groups excluding carboxylic acids is 2. The molecule has 0 radical (unpaired) electrons. The molecule has 1 fully saturated rings. The summed E-state index contributed by atoms with van der Waals surface area (Å²) in [6.45, 7) is 5.98. The second kappa shape index (κ2) is 7.68. The zero-order valence-electron chi connectivity index (χ0n) is 15.6. The molecule has 1 heterocycles. The van der Waals surface area contributed by atoms with Crippen molar-refractivity contribution in [2.75, 3.05) is 5.32 Å². The smallest absolute Gasteiger partial charge is 0.253 e. The first kappa shape index (κ1) is 19.4. The molecular weight excluding hydrogens is 368 g/mol. The third kappa shape index (κ3) is 5.29. The summed E-state index contributed by atoms with van der Waals surface area (Å²) >= 11 is 6.11. The lowest BCUT2D eigenvalue weighted by Crippen LogP contribution is -2.25. The van der Waals surface area contributed by atoms with Crippen molar-refractivity contribution in [3.8, 4) is 0 Å². The van der Waals surface area contributed by atoms with E-state index >= 15 is 0 Å². The number of hydrogen-bond acceptors (Lipinski definition) is 5. The fourth-order valence-corrected chi connectivity index (χ4v) is 2.58. The number of carbonyl (C=O) groups is 2. The number of nitrogens with zero attached hydrogens (tertiary/aromatic N) is 2. The van der Waals surface area contributed by atoms with Gasteiger partial charge in [-0.05, 0) is 31.0 Å². The highest BCUT2D eigenvalue weighted by Crippen LogP contribution is 2.24. The SMILES string of the molecule is CC(C)(C)c1noc(CCC(=O)Nc2ccc(Cl)c(C(=O)NC3CC3)c2)n1. The Hall–Kier alpha value is -2.41. The molecule has 7 nitrogen and oxygen atoms in total. The van der Waals surface area contributed by atoms with E-state index < -0.39 is 0 Å². The summed E-state index contributed by atoms with van der Waals surface area (Å²) in [6.07, 6.45) is 2.52. The molecule has 144 valence electrons. The van der Waals surface area contributed by atoms with E-state index in [1.54, 1.807) is 18.2 Å². The van der Waals surface area contributed by atoms with Gasteiger partial charge in [0.2, 0.25) is 11.8 Å². The van der Waals surface area contributed by atoms with Crippen LogP contribution in [0.1, 0.15) is 62.1 Å². The Morgan fingerprint density at radius 1 is 1.30 bits per heavy atom. The maximum atomic E-state index is 12.2. The monoisotopic (exact) mass is 390 g/mol. The molecule has 1 aliphatic carbocycles. The van der Waals surface area contributed by atoms with Gasteiger partial charge in [-0.1, -0.05) is 37.5 Å². The van der Waals surface area contributed by atoms with Gasteiger partial charge < -0.3 is 15.2 Å². The third-order valence-corrected chi connectivity index (χ3v) is 4.44. The molecule has 1 aromatic heterocycles. The van der Waals surface area contributed by atoms with E-state index in [0.29, 0.717) is 34.4 Å². The Kier molecular flexibility index (Phi) is 5.51. The standard InChI is InChI=1S/C19H23ClN4O3/c1-19(2,3)18-23-16(27-24-18)9-8-15(25)21-12-6-7-14(20)13(10-12)17(26)22-11-4-5-11/h6-7,10-11H,4-5,8-9H2,1-3H3,(H,21,25)(H,22,26). The van der Waals surface area contributed by atoms with Gasteiger partial charge in [0, 0.05) is 30.0 Å². The van der Waals surface area contributed by atoms with Gasteiger partial charge in [-0.15, -0.1) is 0 Å². The van der Waals surface area contributed by atoms with Crippen molar-refractivity contribution in [2.24, 2.45) is 0 Å². The number of hydrogen-bond donors (Lipinski definition) is 2. The van der Waals surface area contributed by atoms with Crippen LogP contribution >= 0.6 is 11.6 Å². The number of nitrogens with one attached hydrogen (secondary N) is 2. The first-order valence-electron chi connectivity index (χ1n) is 8.96. The molecule has 8 heteroatoms. The zero-order chi connectivity index (χ0) is 19.6. The Bertz CT molecular complexity index is 853. The molecule has 2 amide bonds. The van der Waals surface area contributed by atoms with Crippen LogP contribution in [0.25, 0.3) is 0 Å². The van der Waals surface area contributed by atoms with E-state index in [1.807, 2.05) is 20.8 Å². The van der Waals surface area contributed by atoms with E-state index in [-0.39, 0.29) is 29.7 Å². The van der Waals surface area contributed by atoms with Gasteiger partial charge in [0.05, 0.1) is 10.6 Å². The lowest BCUT2D eigenvalue weighted by molar-refractivity contribution is -0.116. The van der Waals surface area contributed by atoms with Crippen LogP contribution in [-0.2, 0) is 16.6 Å². The largest absolute Gasteiger partial charge is 0.349 e. The number of amides is 2. The number of aryl methyl sites for hydroxylation is 1. The van der Waals surface area contributed by atoms with Crippen molar-refractivity contribution >= 4 is 29.1 Å². The molecule has 2 aromatic rings. The van der Waals surface area contributed by atoms with Gasteiger partial charge in [0.1, 0.15) is 0 Å². The number of benzene rings is 1. The molecule has 0 aliphatic heterocycles. The molecule has 0 saturated heterocycles. The Morgan fingerprint density at radius 3 is 2.67 bits per heavy atom. The van der Waals surface area contributed by atoms with Crippen LogP contribution in [0.2, 0.25) is 5.02 Å². The second-order valence-corrected chi connectivity index (χ2v) is 8.16. The number of aromatic nitrogens is 2. The predicted molar refractivity (Wildman–Crippen MR) is 102 cm³/mol. The average molecular weight is 391 g/mol. The molecule has 3 rings (SSSR count). The van der Waals surface area contributed by atoms with Crippen LogP contribution in [0.3, 0.4) is 0 Å². The first-order valence-corrected chi connectivity index (χ1v) is 9.33. The lowest BCUT2D eigenvalue weighted by atomic mass is 9.96. The van der Waals surface area contributed by atoms with E-state index in [2.05, 4.69) is 20.8 Å². The fraction of sp³-hybridized carbons (Fsp3) is 0.474. The van der Waals surface area contributed by atoms with Crippen LogP contribution in [-0.4, -0.2) is 28.0 Å². The summed E-state index contributed by atoms with van der Waals surface area (Å²) in [6, 6.07) is 5.09. The number of halogens is 1. The molecule has 27 heavy (non-hydrogen) atoms. The van der Waals surface area contributed by atoms with E-state index in [0.717, 1.165) is 12.8 Å². The molecule has 0 atom stereocenters. The van der Waals surface area contributed by atoms with E-state index in [9.17, 15) is 9.59 Å². The zero-order valence-corrected chi connectivity index (χ0v) is 16.4. The van der Waals surface area contributed by atoms with E-state index in [1.165, 1.54) is 0 Å². The molecule has 0 unspecified atom stereocenters. The van der Waals surface area contributed by atoms with Crippen molar-refractivity contribution in [3.63, 3.8) is 0 Å². The third-order valence-electron chi connectivity index (χ3n) is 4.11. The van der Waals surface area contributed by atoms with Crippen molar-refractivity contribution < 1.29 is 14.1 Å². The number of rotatable bonds is 6. The van der Waals surface area contributed by atoms with Gasteiger partial charge >= 0.3 is 0 Å². The van der Waals surface area contributed by atoms with Crippen LogP contribution in [0.5, 0.6) is 0 Å². The van der Waals surface area contributed by atoms with Crippen molar-refractivity contribution in [2.45, 2.75) is 57.9 Å². The van der Waals surface area contributed by atoms with Crippen LogP contribution in [0.15, 0.2) is 22.7 Å². The van der Waals surface area contributed by atoms with Gasteiger partial charge in [-0.25, -0.2) is 0 Å². The quantitative estimate of drug-likeness (QED) is 0.786. The van der Waals surface area contributed by atoms with Crippen LogP contribution in [0.4, 0.5) is 5.69 Å². The fourth-order valence-electron chi connectivity index (χ4n) is 2.37. The van der Waals surface area contributed by atoms with Crippen LogP contribution in [0, 0.1) is 0 Å². The summed E-state index contributed by atoms with van der Waals surface area (Å²) in [4.78, 5) is 28.7. The Morgan fingerprint density at radius 2 is 2.04 bits per heavy atom. The molecule has 1 aromatic carbocycles. The highest BCUT2D eigenvalue weighted by molar-refractivity contribution is 6.34. The Balaban J connectivity index is 1.57. The normalized spacial score (nSPS) is 14.1. The molecule has 1 saturated carbocycles. The first-order chi connectivity index (χ1) is 12.7. The van der Waals surface area contributed by atoms with Crippen molar-refractivity contribution in [3.05, 3.63) is 40.5 Å². The minimum Gasteiger partial charge on any atom is -0.349 e. The maximum Gasteiger partial charge on any atom is 0.253 e. The summed E-state index contributed by atoms with van der Waals surface area (Å²) < 4.78 is 5.19. The van der Waals surface area contributed by atoms with E-state index in [4.69, 9.17) is 16.1 Å². The summed E-state index contributed by atoms with van der Waals surface area (Å²) in [7, 11) is 0. The average Bonchev–Trinajstić information content (AvgIpc) is 3.26. The summed E-state index contributed by atoms with van der Waals surface area (Å²) in [5, 5.41) is 9.96. The minimum absolute atomic E-state index is 0.192. The predicted octanol–water partition coefficient (Wildman–Crippen LogP) is 3.48. The highest BCUT2D eigenvalue weighted by atomic mass is 35.5. The van der Waals surface area contributed by atoms with Crippen molar-refractivity contribution in [1.82, 2.24) is 15.5 Å². The topological polar surface area (TPSA) is 97.1 Å². The molecule has 1 aliphatic rings. The van der Waals surface area contributed by atoms with Crippen LogP contribution < -0.4 is 10.6 Å². The lowest BCUT2D eigenvalue weighted by Gasteiger charge is -2.10.